The summed E-state index contributed by atoms with van der Waals surface area (Å²) >= 11 is 5.98. The fraction of sp³-hybridized carbons (Fsp3) is 0.125. The summed E-state index contributed by atoms with van der Waals surface area (Å²) in [5.74, 6) is 1.28. The quantitative estimate of drug-likeness (QED) is 0.776. The van der Waals surface area contributed by atoms with Crippen LogP contribution in [0.15, 0.2) is 54.6 Å². The predicted molar refractivity (Wildman–Crippen MR) is 83.9 cm³/mol. The van der Waals surface area contributed by atoms with Gasteiger partial charge in [0.25, 0.3) is 0 Å². The first-order valence-corrected chi connectivity index (χ1v) is 7.08. The van der Waals surface area contributed by atoms with Gasteiger partial charge in [-0.25, -0.2) is 4.98 Å². The van der Waals surface area contributed by atoms with Gasteiger partial charge in [0.1, 0.15) is 5.82 Å². The summed E-state index contributed by atoms with van der Waals surface area (Å²) in [5, 5.41) is 7.79. The van der Waals surface area contributed by atoms with E-state index < -0.39 is 0 Å². The second kappa shape index (κ2) is 6.08. The van der Waals surface area contributed by atoms with Crippen LogP contribution in [0.5, 0.6) is 0 Å². The van der Waals surface area contributed by atoms with E-state index in [1.807, 2.05) is 54.6 Å². The fourth-order valence-corrected chi connectivity index (χ4v) is 2.35. The number of nitrogens with one attached hydrogen (secondary N) is 1. The third-order valence-electron chi connectivity index (χ3n) is 3.24. The van der Waals surface area contributed by atoms with Crippen molar-refractivity contribution in [3.63, 3.8) is 0 Å². The maximum absolute atomic E-state index is 6.19. The molecule has 5 heteroatoms. The van der Waals surface area contributed by atoms with Crippen LogP contribution in [0.2, 0.25) is 5.02 Å². The summed E-state index contributed by atoms with van der Waals surface area (Å²) in [6.07, 6.45) is 0.713. The summed E-state index contributed by atoms with van der Waals surface area (Å²) in [7, 11) is 0. The molecule has 21 heavy (non-hydrogen) atoms. The van der Waals surface area contributed by atoms with Crippen LogP contribution in [0.4, 0.5) is 0 Å². The number of H-pyrrole nitrogens is 1. The van der Waals surface area contributed by atoms with Crippen LogP contribution in [0, 0.1) is 0 Å². The van der Waals surface area contributed by atoms with Gasteiger partial charge in [0.15, 0.2) is 5.82 Å². The zero-order chi connectivity index (χ0) is 14.7. The van der Waals surface area contributed by atoms with E-state index >= 15 is 0 Å². The first-order valence-electron chi connectivity index (χ1n) is 6.70. The molecule has 1 aromatic heterocycles. The van der Waals surface area contributed by atoms with E-state index in [-0.39, 0.29) is 6.04 Å². The highest BCUT2D eigenvalue weighted by Crippen LogP contribution is 2.21. The molecular weight excluding hydrogens is 284 g/mol. The molecule has 0 saturated heterocycles. The first kappa shape index (κ1) is 13.8. The lowest BCUT2D eigenvalue weighted by Gasteiger charge is -2.07. The molecule has 1 atom stereocenters. The van der Waals surface area contributed by atoms with Crippen LogP contribution in [-0.2, 0) is 6.42 Å². The van der Waals surface area contributed by atoms with E-state index in [1.165, 1.54) is 5.56 Å². The lowest BCUT2D eigenvalue weighted by molar-refractivity contribution is 0.671. The van der Waals surface area contributed by atoms with Crippen molar-refractivity contribution in [3.05, 3.63) is 71.0 Å². The second-order valence-electron chi connectivity index (χ2n) is 4.85. The smallest absolute Gasteiger partial charge is 0.181 e. The van der Waals surface area contributed by atoms with Crippen LogP contribution >= 0.6 is 11.6 Å². The third-order valence-corrected chi connectivity index (χ3v) is 3.47. The highest BCUT2D eigenvalue weighted by molar-refractivity contribution is 6.30. The number of hydrogen-bond acceptors (Lipinski definition) is 3. The minimum Gasteiger partial charge on any atom is -0.321 e. The summed E-state index contributed by atoms with van der Waals surface area (Å²) in [6.45, 7) is 0. The minimum atomic E-state index is -0.215. The predicted octanol–water partition coefficient (Wildman–Crippen LogP) is 3.37. The summed E-state index contributed by atoms with van der Waals surface area (Å²) < 4.78 is 0. The molecule has 0 aliphatic rings. The molecule has 0 bridgehead atoms. The van der Waals surface area contributed by atoms with E-state index in [0.717, 1.165) is 5.56 Å². The van der Waals surface area contributed by atoms with Crippen LogP contribution in [0.25, 0.3) is 11.4 Å². The monoisotopic (exact) mass is 298 g/mol. The number of aromatic nitrogens is 3. The highest BCUT2D eigenvalue weighted by atomic mass is 35.5. The standard InChI is InChI=1S/C16H15ClN4/c17-13-8-4-7-12(10-13)15-19-16(21-20-15)14(18)9-11-5-2-1-3-6-11/h1-8,10,14H,9,18H2,(H,19,20,21). The van der Waals surface area contributed by atoms with Crippen molar-refractivity contribution in [2.45, 2.75) is 12.5 Å². The number of halogens is 1. The van der Waals surface area contributed by atoms with Crippen molar-refractivity contribution in [3.8, 4) is 11.4 Å². The van der Waals surface area contributed by atoms with Crippen molar-refractivity contribution >= 4 is 11.6 Å². The molecule has 3 aromatic rings. The number of nitrogens with two attached hydrogens (primary N) is 1. The maximum atomic E-state index is 6.19. The molecule has 1 unspecified atom stereocenters. The topological polar surface area (TPSA) is 67.6 Å². The van der Waals surface area contributed by atoms with Gasteiger partial charge in [-0.05, 0) is 24.1 Å². The Bertz CT molecular complexity index is 724. The van der Waals surface area contributed by atoms with Crippen molar-refractivity contribution in [1.82, 2.24) is 15.2 Å². The largest absolute Gasteiger partial charge is 0.321 e. The number of aromatic amines is 1. The average Bonchev–Trinajstić information content (AvgIpc) is 2.98. The summed E-state index contributed by atoms with van der Waals surface area (Å²) in [5.41, 5.74) is 8.23. The Morgan fingerprint density at radius 3 is 2.67 bits per heavy atom. The van der Waals surface area contributed by atoms with Gasteiger partial charge in [0.2, 0.25) is 0 Å². The van der Waals surface area contributed by atoms with Crippen LogP contribution in [0.1, 0.15) is 17.4 Å². The maximum Gasteiger partial charge on any atom is 0.181 e. The van der Waals surface area contributed by atoms with E-state index in [4.69, 9.17) is 17.3 Å². The van der Waals surface area contributed by atoms with Gasteiger partial charge < -0.3 is 5.73 Å². The summed E-state index contributed by atoms with van der Waals surface area (Å²) in [6, 6.07) is 17.3. The highest BCUT2D eigenvalue weighted by Gasteiger charge is 2.13. The van der Waals surface area contributed by atoms with Crippen LogP contribution in [-0.4, -0.2) is 15.2 Å². The molecule has 1 heterocycles. The Morgan fingerprint density at radius 2 is 1.90 bits per heavy atom. The number of benzene rings is 2. The third kappa shape index (κ3) is 3.29. The van der Waals surface area contributed by atoms with Gasteiger partial charge in [0, 0.05) is 10.6 Å². The zero-order valence-electron chi connectivity index (χ0n) is 11.3. The lowest BCUT2D eigenvalue weighted by atomic mass is 10.1. The molecule has 0 aliphatic carbocycles. The zero-order valence-corrected chi connectivity index (χ0v) is 12.1. The van der Waals surface area contributed by atoms with Gasteiger partial charge in [-0.1, -0.05) is 54.1 Å². The molecule has 0 amide bonds. The van der Waals surface area contributed by atoms with Gasteiger partial charge >= 0.3 is 0 Å². The van der Waals surface area contributed by atoms with E-state index in [1.54, 1.807) is 0 Å². The van der Waals surface area contributed by atoms with Crippen LogP contribution < -0.4 is 5.73 Å². The van der Waals surface area contributed by atoms with Crippen molar-refractivity contribution in [2.75, 3.05) is 0 Å². The van der Waals surface area contributed by atoms with Gasteiger partial charge in [-0.2, -0.15) is 5.10 Å². The molecule has 0 spiro atoms. The molecular formula is C16H15ClN4. The normalized spacial score (nSPS) is 12.3. The second-order valence-corrected chi connectivity index (χ2v) is 5.29. The van der Waals surface area contributed by atoms with Gasteiger partial charge in [0.05, 0.1) is 6.04 Å². The molecule has 3 rings (SSSR count). The molecule has 2 aromatic carbocycles. The molecule has 0 saturated carbocycles. The Labute approximate surface area is 128 Å². The van der Waals surface area contributed by atoms with Gasteiger partial charge in [-0.3, -0.25) is 5.10 Å². The molecule has 106 valence electrons. The first-order chi connectivity index (χ1) is 10.2. The van der Waals surface area contributed by atoms with E-state index in [9.17, 15) is 0 Å². The summed E-state index contributed by atoms with van der Waals surface area (Å²) in [4.78, 5) is 4.47. The van der Waals surface area contributed by atoms with E-state index in [2.05, 4.69) is 15.2 Å². The van der Waals surface area contributed by atoms with Crippen molar-refractivity contribution in [2.24, 2.45) is 5.73 Å². The lowest BCUT2D eigenvalue weighted by Crippen LogP contribution is -2.15. The van der Waals surface area contributed by atoms with E-state index in [0.29, 0.717) is 23.1 Å². The molecule has 3 N–H and O–H groups in total. The molecule has 0 radical (unpaired) electrons. The van der Waals surface area contributed by atoms with Crippen molar-refractivity contribution in [1.29, 1.82) is 0 Å². The Morgan fingerprint density at radius 1 is 1.10 bits per heavy atom. The number of hydrogen-bond donors (Lipinski definition) is 2. The SMILES string of the molecule is NC(Cc1ccccc1)c1nc(-c2cccc(Cl)c2)n[nH]1. The van der Waals surface area contributed by atoms with Crippen LogP contribution in [0.3, 0.4) is 0 Å². The molecule has 0 fully saturated rings. The Hall–Kier alpha value is -2.17. The minimum absolute atomic E-state index is 0.215. The van der Waals surface area contributed by atoms with Gasteiger partial charge in [-0.15, -0.1) is 0 Å². The molecule has 0 aliphatic heterocycles. The fourth-order valence-electron chi connectivity index (χ4n) is 2.16. The molecule has 4 nitrogen and oxygen atoms in total. The number of nitrogens with zero attached hydrogens (tertiary/aromatic N) is 2. The average molecular weight is 299 g/mol. The van der Waals surface area contributed by atoms with Crippen molar-refractivity contribution < 1.29 is 0 Å². The number of rotatable bonds is 4. The Kier molecular flexibility index (Phi) is 3.99. The Balaban J connectivity index is 1.78.